The normalized spacial score (nSPS) is 18.8. The molecule has 0 saturated carbocycles. The van der Waals surface area contributed by atoms with Gasteiger partial charge in [0.15, 0.2) is 0 Å². The summed E-state index contributed by atoms with van der Waals surface area (Å²) in [6.07, 6.45) is 4.33. The molecule has 1 saturated heterocycles. The predicted molar refractivity (Wildman–Crippen MR) is 75.7 cm³/mol. The van der Waals surface area contributed by atoms with Gasteiger partial charge >= 0.3 is 0 Å². The molecule has 1 aromatic heterocycles. The highest BCUT2D eigenvalue weighted by Gasteiger charge is 2.16. The molecule has 0 aliphatic carbocycles. The minimum Gasteiger partial charge on any atom is -0.347 e. The number of anilines is 1. The average Bonchev–Trinajstić information content (AvgIpc) is 2.30. The Bertz CT molecular complexity index is 327. The number of nitrogens with one attached hydrogen (secondary N) is 1. The molecule has 4 nitrogen and oxygen atoms in total. The summed E-state index contributed by atoms with van der Waals surface area (Å²) in [7, 11) is 3.94. The largest absolute Gasteiger partial charge is 0.347 e. The van der Waals surface area contributed by atoms with Gasteiger partial charge in [0.2, 0.25) is 5.95 Å². The zero-order chi connectivity index (χ0) is 10.7. The summed E-state index contributed by atoms with van der Waals surface area (Å²) in [5.41, 5.74) is 1.17. The van der Waals surface area contributed by atoms with Gasteiger partial charge in [-0.2, -0.15) is 0 Å². The highest BCUT2D eigenvalue weighted by Crippen LogP contribution is 2.21. The summed E-state index contributed by atoms with van der Waals surface area (Å²) in [5, 5.41) is 3.41. The second kappa shape index (κ2) is 7.69. The lowest BCUT2D eigenvalue weighted by molar-refractivity contribution is 0.454. The molecule has 1 N–H and O–H groups in total. The van der Waals surface area contributed by atoms with E-state index in [1.165, 1.54) is 18.5 Å². The van der Waals surface area contributed by atoms with Crippen molar-refractivity contribution in [3.8, 4) is 0 Å². The predicted octanol–water partition coefficient (Wildman–Crippen LogP) is 1.85. The van der Waals surface area contributed by atoms with E-state index in [1.807, 2.05) is 31.3 Å². The van der Waals surface area contributed by atoms with Crippen LogP contribution in [0.3, 0.4) is 0 Å². The zero-order valence-corrected chi connectivity index (χ0v) is 11.9. The first-order chi connectivity index (χ1) is 7.27. The first kappa shape index (κ1) is 16.4. The van der Waals surface area contributed by atoms with E-state index < -0.39 is 0 Å². The summed E-state index contributed by atoms with van der Waals surface area (Å²) in [4.78, 5) is 10.7. The van der Waals surface area contributed by atoms with E-state index in [2.05, 4.69) is 15.3 Å². The third-order valence-corrected chi connectivity index (χ3v) is 2.78. The van der Waals surface area contributed by atoms with E-state index >= 15 is 0 Å². The van der Waals surface area contributed by atoms with Crippen LogP contribution >= 0.6 is 24.8 Å². The molecule has 1 aliphatic heterocycles. The van der Waals surface area contributed by atoms with Gasteiger partial charge in [-0.05, 0) is 25.5 Å². The molecular weight excluding hydrogens is 259 g/mol. The van der Waals surface area contributed by atoms with Crippen LogP contribution in [0.1, 0.15) is 24.5 Å². The van der Waals surface area contributed by atoms with E-state index in [4.69, 9.17) is 0 Å². The minimum atomic E-state index is 0. The second-order valence-corrected chi connectivity index (χ2v) is 4.22. The molecule has 1 atom stereocenters. The zero-order valence-electron chi connectivity index (χ0n) is 10.2. The van der Waals surface area contributed by atoms with Crippen LogP contribution in [0.25, 0.3) is 0 Å². The molecule has 0 radical (unpaired) electrons. The summed E-state index contributed by atoms with van der Waals surface area (Å²) < 4.78 is 0. The number of piperidine rings is 1. The number of halogens is 2. The number of hydrogen-bond acceptors (Lipinski definition) is 4. The fraction of sp³-hybridized carbons (Fsp3) is 0.636. The molecule has 0 spiro atoms. The van der Waals surface area contributed by atoms with Gasteiger partial charge in [-0.25, -0.2) is 9.97 Å². The van der Waals surface area contributed by atoms with Gasteiger partial charge in [0.1, 0.15) is 0 Å². The Morgan fingerprint density at radius 2 is 2.12 bits per heavy atom. The van der Waals surface area contributed by atoms with Crippen LogP contribution in [0.4, 0.5) is 5.95 Å². The quantitative estimate of drug-likeness (QED) is 0.897. The van der Waals surface area contributed by atoms with Crippen LogP contribution < -0.4 is 10.2 Å². The SMILES string of the molecule is CN(C)c1nccc(C2CCCNC2)n1.Cl.Cl. The third-order valence-electron chi connectivity index (χ3n) is 2.78. The Labute approximate surface area is 115 Å². The summed E-state index contributed by atoms with van der Waals surface area (Å²) >= 11 is 0. The van der Waals surface area contributed by atoms with Crippen LogP contribution in [0, 0.1) is 0 Å². The number of rotatable bonds is 2. The lowest BCUT2D eigenvalue weighted by Crippen LogP contribution is -2.29. The average molecular weight is 279 g/mol. The van der Waals surface area contributed by atoms with Crippen molar-refractivity contribution in [1.82, 2.24) is 15.3 Å². The fourth-order valence-corrected chi connectivity index (χ4v) is 1.91. The number of hydrogen-bond donors (Lipinski definition) is 1. The highest BCUT2D eigenvalue weighted by atomic mass is 35.5. The van der Waals surface area contributed by atoms with E-state index in [-0.39, 0.29) is 24.8 Å². The van der Waals surface area contributed by atoms with Crippen LogP contribution in [0.2, 0.25) is 0 Å². The topological polar surface area (TPSA) is 41.1 Å². The molecule has 0 amide bonds. The summed E-state index contributed by atoms with van der Waals surface area (Å²) in [6.45, 7) is 2.19. The first-order valence-corrected chi connectivity index (χ1v) is 5.48. The Kier molecular flexibility index (Phi) is 7.43. The standard InChI is InChI=1S/C11H18N4.2ClH/c1-15(2)11-13-7-5-10(14-11)9-4-3-6-12-8-9;;/h5,7,9,12H,3-4,6,8H2,1-2H3;2*1H. The van der Waals surface area contributed by atoms with Gasteiger partial charge < -0.3 is 10.2 Å². The second-order valence-electron chi connectivity index (χ2n) is 4.22. The van der Waals surface area contributed by atoms with Crippen molar-refractivity contribution in [3.05, 3.63) is 18.0 Å². The molecule has 1 unspecified atom stereocenters. The maximum atomic E-state index is 4.57. The van der Waals surface area contributed by atoms with Gasteiger partial charge in [0.25, 0.3) is 0 Å². The highest BCUT2D eigenvalue weighted by molar-refractivity contribution is 5.85. The van der Waals surface area contributed by atoms with E-state index in [0.29, 0.717) is 5.92 Å². The van der Waals surface area contributed by atoms with Crippen LogP contribution in [0.15, 0.2) is 12.3 Å². The lowest BCUT2D eigenvalue weighted by Gasteiger charge is -2.22. The lowest BCUT2D eigenvalue weighted by atomic mass is 9.96. The van der Waals surface area contributed by atoms with Gasteiger partial charge in [-0.15, -0.1) is 24.8 Å². The summed E-state index contributed by atoms with van der Waals surface area (Å²) in [5.74, 6) is 1.36. The van der Waals surface area contributed by atoms with Crippen molar-refractivity contribution < 1.29 is 0 Å². The summed E-state index contributed by atoms with van der Waals surface area (Å²) in [6, 6.07) is 2.03. The minimum absolute atomic E-state index is 0. The van der Waals surface area contributed by atoms with Crippen LogP contribution in [0.5, 0.6) is 0 Å². The Hall–Kier alpha value is -0.580. The van der Waals surface area contributed by atoms with E-state index in [1.54, 1.807) is 0 Å². The van der Waals surface area contributed by atoms with Crippen molar-refractivity contribution in [2.45, 2.75) is 18.8 Å². The molecule has 1 aliphatic rings. The molecule has 0 aromatic carbocycles. The molecule has 1 aromatic rings. The molecule has 6 heteroatoms. The maximum absolute atomic E-state index is 4.57. The van der Waals surface area contributed by atoms with Crippen LogP contribution in [-0.4, -0.2) is 37.2 Å². The smallest absolute Gasteiger partial charge is 0.224 e. The monoisotopic (exact) mass is 278 g/mol. The number of nitrogens with zero attached hydrogens (tertiary/aromatic N) is 3. The van der Waals surface area contributed by atoms with E-state index in [9.17, 15) is 0 Å². The van der Waals surface area contributed by atoms with Crippen molar-refractivity contribution in [3.63, 3.8) is 0 Å². The van der Waals surface area contributed by atoms with Crippen molar-refractivity contribution in [2.24, 2.45) is 0 Å². The molecule has 0 bridgehead atoms. The molecule has 17 heavy (non-hydrogen) atoms. The Morgan fingerprint density at radius 3 is 2.71 bits per heavy atom. The third kappa shape index (κ3) is 4.30. The van der Waals surface area contributed by atoms with Gasteiger partial charge in [0, 0.05) is 32.8 Å². The fourth-order valence-electron chi connectivity index (χ4n) is 1.91. The Balaban J connectivity index is 0.00000128. The van der Waals surface area contributed by atoms with Gasteiger partial charge in [-0.3, -0.25) is 0 Å². The van der Waals surface area contributed by atoms with Crippen molar-refractivity contribution in [2.75, 3.05) is 32.1 Å². The van der Waals surface area contributed by atoms with Gasteiger partial charge in [-0.1, -0.05) is 0 Å². The van der Waals surface area contributed by atoms with Crippen LogP contribution in [-0.2, 0) is 0 Å². The molecule has 1 fully saturated rings. The molecule has 2 rings (SSSR count). The Morgan fingerprint density at radius 1 is 1.35 bits per heavy atom. The molecular formula is C11H20Cl2N4. The molecule has 2 heterocycles. The molecule has 98 valence electrons. The van der Waals surface area contributed by atoms with Crippen molar-refractivity contribution >= 4 is 30.8 Å². The first-order valence-electron chi connectivity index (χ1n) is 5.48. The maximum Gasteiger partial charge on any atom is 0.224 e. The van der Waals surface area contributed by atoms with Gasteiger partial charge in [0.05, 0.1) is 5.69 Å². The number of aromatic nitrogens is 2. The van der Waals surface area contributed by atoms with E-state index in [0.717, 1.165) is 19.0 Å². The van der Waals surface area contributed by atoms with Crippen molar-refractivity contribution in [1.29, 1.82) is 0 Å².